The summed E-state index contributed by atoms with van der Waals surface area (Å²) in [6, 6.07) is 14.8. The number of ether oxygens (including phenoxy) is 1. The van der Waals surface area contributed by atoms with Gasteiger partial charge < -0.3 is 10.5 Å². The van der Waals surface area contributed by atoms with Gasteiger partial charge in [-0.3, -0.25) is 14.4 Å². The number of fused-ring (bicyclic) bond motifs is 1. The van der Waals surface area contributed by atoms with Crippen LogP contribution in [0.1, 0.15) is 38.3 Å². The number of nitrogens with two attached hydrogens (primary N) is 1. The van der Waals surface area contributed by atoms with Gasteiger partial charge in [-0.25, -0.2) is 4.90 Å². The molecule has 0 aliphatic carbocycles. The summed E-state index contributed by atoms with van der Waals surface area (Å²) >= 11 is 0. The van der Waals surface area contributed by atoms with Crippen LogP contribution in [-0.4, -0.2) is 17.8 Å². The zero-order valence-corrected chi connectivity index (χ0v) is 17.1. The number of aryl methyl sites for hydroxylation is 1. The minimum absolute atomic E-state index is 0.00346. The van der Waals surface area contributed by atoms with Crippen molar-refractivity contribution < 1.29 is 32.3 Å². The predicted molar refractivity (Wildman–Crippen MR) is 114 cm³/mol. The number of esters is 1. The Labute approximate surface area is 186 Å². The zero-order valence-electron chi connectivity index (χ0n) is 17.1. The van der Waals surface area contributed by atoms with Crippen LogP contribution < -0.4 is 15.4 Å². The summed E-state index contributed by atoms with van der Waals surface area (Å²) in [5.74, 6) is -1.82. The molecule has 1 heterocycles. The molecule has 9 heteroatoms. The fraction of sp³-hybridized carbons (Fsp3) is 0.125. The van der Waals surface area contributed by atoms with Crippen molar-refractivity contribution >= 4 is 29.2 Å². The highest BCUT2D eigenvalue weighted by Crippen LogP contribution is 2.34. The Morgan fingerprint density at radius 3 is 2.15 bits per heavy atom. The largest absolute Gasteiger partial charge is 0.426 e. The number of nitrogens with zero attached hydrogens (tertiary/aromatic N) is 1. The molecule has 2 amide bonds. The lowest BCUT2D eigenvalue weighted by atomic mass is 10.1. The Morgan fingerprint density at radius 2 is 1.52 bits per heavy atom. The number of nitrogen functional groups attached to an aromatic ring is 1. The Hall–Kier alpha value is -4.14. The zero-order chi connectivity index (χ0) is 23.8. The summed E-state index contributed by atoms with van der Waals surface area (Å²) in [6.45, 7) is 0. The highest BCUT2D eigenvalue weighted by molar-refractivity contribution is 6.34. The van der Waals surface area contributed by atoms with Crippen LogP contribution in [0.4, 0.5) is 24.5 Å². The molecule has 33 heavy (non-hydrogen) atoms. The molecule has 0 spiro atoms. The van der Waals surface area contributed by atoms with E-state index in [1.165, 1.54) is 18.2 Å². The number of halogens is 3. The Bertz CT molecular complexity index is 1240. The van der Waals surface area contributed by atoms with E-state index in [0.29, 0.717) is 12.1 Å². The fourth-order valence-corrected chi connectivity index (χ4v) is 3.43. The lowest BCUT2D eigenvalue weighted by Gasteiger charge is -2.15. The van der Waals surface area contributed by atoms with E-state index >= 15 is 0 Å². The maximum absolute atomic E-state index is 12.8. The van der Waals surface area contributed by atoms with Crippen molar-refractivity contribution in [2.24, 2.45) is 0 Å². The van der Waals surface area contributed by atoms with Crippen molar-refractivity contribution in [3.05, 3.63) is 89.0 Å². The highest BCUT2D eigenvalue weighted by Gasteiger charge is 2.38. The number of hydrogen-bond acceptors (Lipinski definition) is 5. The molecule has 0 saturated heterocycles. The molecule has 2 N–H and O–H groups in total. The van der Waals surface area contributed by atoms with Gasteiger partial charge >= 0.3 is 12.1 Å². The summed E-state index contributed by atoms with van der Waals surface area (Å²) in [6.07, 6.45) is -4.01. The summed E-state index contributed by atoms with van der Waals surface area (Å²) in [4.78, 5) is 38.5. The molecule has 0 saturated carbocycles. The molecule has 3 aromatic rings. The summed E-state index contributed by atoms with van der Waals surface area (Å²) in [7, 11) is 0. The standard InChI is InChI=1S/C24H17F3N2O4/c25-24(26,27)15-4-8-17(9-5-15)29-22(31)19-11-10-18(13-20(19)23(29)32)33-21(30)12-3-14-1-6-16(28)7-2-14/h1-2,4-11,13H,3,12,28H2. The smallest absolute Gasteiger partial charge is 0.416 e. The first-order valence-electron chi connectivity index (χ1n) is 9.88. The van der Waals surface area contributed by atoms with Crippen molar-refractivity contribution in [1.29, 1.82) is 0 Å². The van der Waals surface area contributed by atoms with Crippen LogP contribution in [0.2, 0.25) is 0 Å². The third-order valence-corrected chi connectivity index (χ3v) is 5.14. The molecular weight excluding hydrogens is 437 g/mol. The highest BCUT2D eigenvalue weighted by atomic mass is 19.4. The molecule has 0 radical (unpaired) electrons. The average molecular weight is 454 g/mol. The first-order valence-corrected chi connectivity index (χ1v) is 9.88. The van der Waals surface area contributed by atoms with Crippen molar-refractivity contribution in [3.8, 4) is 5.75 Å². The maximum atomic E-state index is 12.8. The van der Waals surface area contributed by atoms with Crippen LogP contribution in [-0.2, 0) is 17.4 Å². The molecule has 0 fully saturated rings. The number of benzene rings is 3. The Balaban J connectivity index is 1.46. The Kier molecular flexibility index (Phi) is 5.63. The van der Waals surface area contributed by atoms with Gasteiger partial charge in [0.2, 0.25) is 0 Å². The monoisotopic (exact) mass is 454 g/mol. The van der Waals surface area contributed by atoms with Gasteiger partial charge in [0.25, 0.3) is 11.8 Å². The molecule has 1 aliphatic heterocycles. The normalized spacial score (nSPS) is 13.2. The van der Waals surface area contributed by atoms with Gasteiger partial charge in [0, 0.05) is 12.1 Å². The third-order valence-electron chi connectivity index (χ3n) is 5.14. The first-order chi connectivity index (χ1) is 15.6. The minimum atomic E-state index is -4.53. The van der Waals surface area contributed by atoms with E-state index in [0.717, 1.165) is 34.7 Å². The van der Waals surface area contributed by atoms with E-state index < -0.39 is 29.5 Å². The quantitative estimate of drug-likeness (QED) is 0.263. The van der Waals surface area contributed by atoms with E-state index in [2.05, 4.69) is 0 Å². The summed E-state index contributed by atoms with van der Waals surface area (Å²) in [5, 5.41) is 0. The lowest BCUT2D eigenvalue weighted by molar-refractivity contribution is -0.137. The van der Waals surface area contributed by atoms with Gasteiger partial charge in [0.05, 0.1) is 22.4 Å². The van der Waals surface area contributed by atoms with Gasteiger partial charge in [0.15, 0.2) is 0 Å². The van der Waals surface area contributed by atoms with E-state index in [9.17, 15) is 27.6 Å². The van der Waals surface area contributed by atoms with Gasteiger partial charge in [-0.05, 0) is 66.6 Å². The molecule has 3 aromatic carbocycles. The number of carbonyl (C=O) groups is 3. The fourth-order valence-electron chi connectivity index (χ4n) is 3.43. The number of rotatable bonds is 5. The number of anilines is 2. The van der Waals surface area contributed by atoms with Crippen LogP contribution >= 0.6 is 0 Å². The first kappa shape index (κ1) is 22.1. The maximum Gasteiger partial charge on any atom is 0.416 e. The van der Waals surface area contributed by atoms with Gasteiger partial charge in [-0.1, -0.05) is 12.1 Å². The minimum Gasteiger partial charge on any atom is -0.426 e. The van der Waals surface area contributed by atoms with Crippen LogP contribution in [0.25, 0.3) is 0 Å². The second-order valence-electron chi connectivity index (χ2n) is 7.41. The molecule has 0 aromatic heterocycles. The summed E-state index contributed by atoms with van der Waals surface area (Å²) < 4.78 is 43.7. The van der Waals surface area contributed by atoms with Gasteiger partial charge in [-0.15, -0.1) is 0 Å². The van der Waals surface area contributed by atoms with Crippen LogP contribution in [0, 0.1) is 0 Å². The molecule has 0 unspecified atom stereocenters. The molecule has 4 rings (SSSR count). The second-order valence-corrected chi connectivity index (χ2v) is 7.41. The van der Waals surface area contributed by atoms with Crippen molar-refractivity contribution in [2.45, 2.75) is 19.0 Å². The summed E-state index contributed by atoms with van der Waals surface area (Å²) in [5.41, 5.74) is 6.34. The van der Waals surface area contributed by atoms with E-state index in [1.807, 2.05) is 0 Å². The predicted octanol–water partition coefficient (Wildman–Crippen LogP) is 4.63. The van der Waals surface area contributed by atoms with Crippen LogP contribution in [0.3, 0.4) is 0 Å². The average Bonchev–Trinajstić information content (AvgIpc) is 3.02. The van der Waals surface area contributed by atoms with Crippen LogP contribution in [0.15, 0.2) is 66.7 Å². The van der Waals surface area contributed by atoms with E-state index in [4.69, 9.17) is 10.5 Å². The third kappa shape index (κ3) is 4.57. The van der Waals surface area contributed by atoms with Crippen molar-refractivity contribution in [3.63, 3.8) is 0 Å². The number of hydrogen-bond donors (Lipinski definition) is 1. The van der Waals surface area contributed by atoms with E-state index in [-0.39, 0.29) is 29.0 Å². The van der Waals surface area contributed by atoms with E-state index in [1.54, 1.807) is 24.3 Å². The van der Waals surface area contributed by atoms with Gasteiger partial charge in [0.1, 0.15) is 5.75 Å². The molecule has 0 bridgehead atoms. The lowest BCUT2D eigenvalue weighted by Crippen LogP contribution is -2.29. The molecule has 6 nitrogen and oxygen atoms in total. The number of carbonyl (C=O) groups excluding carboxylic acids is 3. The second kappa shape index (κ2) is 8.42. The van der Waals surface area contributed by atoms with Gasteiger partial charge in [-0.2, -0.15) is 13.2 Å². The Morgan fingerprint density at radius 1 is 0.879 bits per heavy atom. The molecular formula is C24H17F3N2O4. The SMILES string of the molecule is Nc1ccc(CCC(=O)Oc2ccc3c(c2)C(=O)N(c2ccc(C(F)(F)F)cc2)C3=O)cc1. The van der Waals surface area contributed by atoms with Crippen molar-refractivity contribution in [2.75, 3.05) is 10.6 Å². The topological polar surface area (TPSA) is 89.7 Å². The molecule has 0 atom stereocenters. The number of amides is 2. The molecule has 1 aliphatic rings. The van der Waals surface area contributed by atoms with Crippen molar-refractivity contribution in [1.82, 2.24) is 0 Å². The van der Waals surface area contributed by atoms with Crippen LogP contribution in [0.5, 0.6) is 5.75 Å². The molecule has 168 valence electrons. The number of imide groups is 1. The number of alkyl halides is 3.